The predicted octanol–water partition coefficient (Wildman–Crippen LogP) is 3.01. The molecule has 0 saturated carbocycles. The van der Waals surface area contributed by atoms with E-state index in [0.29, 0.717) is 43.9 Å². The predicted molar refractivity (Wildman–Crippen MR) is 115 cm³/mol. The Hall–Kier alpha value is -2.84. The number of piperidine rings is 1. The molecule has 4 rings (SSSR count). The van der Waals surface area contributed by atoms with Gasteiger partial charge in [-0.05, 0) is 43.0 Å². The van der Waals surface area contributed by atoms with Crippen LogP contribution < -0.4 is 10.1 Å². The summed E-state index contributed by atoms with van der Waals surface area (Å²) in [6.45, 7) is 1.40. The van der Waals surface area contributed by atoms with Gasteiger partial charge in [-0.2, -0.15) is 4.31 Å². The van der Waals surface area contributed by atoms with Gasteiger partial charge in [0.2, 0.25) is 10.0 Å². The number of methoxy groups -OCH3 is 1. The highest BCUT2D eigenvalue weighted by atomic mass is 32.2. The third-order valence-electron chi connectivity index (χ3n) is 5.58. The van der Waals surface area contributed by atoms with E-state index in [1.807, 2.05) is 30.3 Å². The summed E-state index contributed by atoms with van der Waals surface area (Å²) in [6, 6.07) is 16.1. The molecule has 2 heterocycles. The Balaban J connectivity index is 1.32. The van der Waals surface area contributed by atoms with Crippen molar-refractivity contribution in [2.24, 2.45) is 5.92 Å². The van der Waals surface area contributed by atoms with Gasteiger partial charge in [-0.15, -0.1) is 0 Å². The number of ether oxygens (including phenoxy) is 1. The van der Waals surface area contributed by atoms with Crippen LogP contribution in [0.3, 0.4) is 0 Å². The zero-order valence-electron chi connectivity index (χ0n) is 16.8. The van der Waals surface area contributed by atoms with Gasteiger partial charge in [0, 0.05) is 36.6 Å². The number of carbonyl (C=O) groups is 1. The Bertz CT molecular complexity index is 1110. The zero-order chi connectivity index (χ0) is 21.1. The normalized spacial score (nSPS) is 15.9. The number of benzene rings is 2. The lowest BCUT2D eigenvalue weighted by molar-refractivity contribution is 0.0937. The van der Waals surface area contributed by atoms with Crippen LogP contribution >= 0.6 is 0 Å². The number of H-pyrrole nitrogens is 1. The molecule has 8 heteroatoms. The molecular formula is C22H25N3O4S. The minimum Gasteiger partial charge on any atom is -0.497 e. The van der Waals surface area contributed by atoms with Crippen LogP contribution in [0.1, 0.15) is 23.3 Å². The molecule has 0 radical (unpaired) electrons. The Kier molecular flexibility index (Phi) is 5.78. The fraction of sp³-hybridized carbons (Fsp3) is 0.318. The van der Waals surface area contributed by atoms with Gasteiger partial charge in [0.25, 0.3) is 5.91 Å². The summed E-state index contributed by atoms with van der Waals surface area (Å²) < 4.78 is 32.4. The van der Waals surface area contributed by atoms with Crippen molar-refractivity contribution in [3.63, 3.8) is 0 Å². The molecule has 1 amide bonds. The van der Waals surface area contributed by atoms with Crippen LogP contribution in [-0.4, -0.2) is 50.4 Å². The Labute approximate surface area is 176 Å². The molecule has 30 heavy (non-hydrogen) atoms. The van der Waals surface area contributed by atoms with E-state index < -0.39 is 10.0 Å². The quantitative estimate of drug-likeness (QED) is 0.633. The summed E-state index contributed by atoms with van der Waals surface area (Å²) in [5.41, 5.74) is 1.47. The molecule has 3 aromatic rings. The molecule has 1 aliphatic heterocycles. The number of aromatic amines is 1. The smallest absolute Gasteiger partial charge is 0.267 e. The molecule has 0 unspecified atom stereocenters. The highest BCUT2D eigenvalue weighted by molar-refractivity contribution is 7.89. The van der Waals surface area contributed by atoms with Crippen LogP contribution in [0.2, 0.25) is 0 Å². The van der Waals surface area contributed by atoms with E-state index >= 15 is 0 Å². The van der Waals surface area contributed by atoms with Crippen LogP contribution in [0.15, 0.2) is 59.5 Å². The van der Waals surface area contributed by atoms with Crippen molar-refractivity contribution in [1.82, 2.24) is 14.6 Å². The van der Waals surface area contributed by atoms with Crippen LogP contribution in [0.4, 0.5) is 0 Å². The van der Waals surface area contributed by atoms with Gasteiger partial charge in [0.05, 0.1) is 12.0 Å². The molecule has 1 fully saturated rings. The molecule has 2 aromatic carbocycles. The maximum Gasteiger partial charge on any atom is 0.267 e. The zero-order valence-corrected chi connectivity index (χ0v) is 17.6. The molecule has 2 N–H and O–H groups in total. The summed E-state index contributed by atoms with van der Waals surface area (Å²) >= 11 is 0. The second kappa shape index (κ2) is 8.49. The minimum atomic E-state index is -3.55. The summed E-state index contributed by atoms with van der Waals surface area (Å²) in [6.07, 6.45) is 1.41. The number of nitrogens with zero attached hydrogens (tertiary/aromatic N) is 1. The molecule has 158 valence electrons. The molecule has 1 saturated heterocycles. The number of hydrogen-bond donors (Lipinski definition) is 2. The van der Waals surface area contributed by atoms with Crippen LogP contribution in [-0.2, 0) is 10.0 Å². The van der Waals surface area contributed by atoms with Gasteiger partial charge in [-0.3, -0.25) is 4.79 Å². The average molecular weight is 428 g/mol. The molecule has 1 aliphatic rings. The molecule has 0 atom stereocenters. The second-order valence-corrected chi connectivity index (χ2v) is 9.44. The fourth-order valence-electron chi connectivity index (χ4n) is 3.79. The van der Waals surface area contributed by atoms with E-state index in [1.165, 1.54) is 11.4 Å². The van der Waals surface area contributed by atoms with Crippen LogP contribution in [0.5, 0.6) is 5.75 Å². The van der Waals surface area contributed by atoms with E-state index in [2.05, 4.69) is 10.3 Å². The van der Waals surface area contributed by atoms with Crippen molar-refractivity contribution >= 4 is 26.8 Å². The lowest BCUT2D eigenvalue weighted by Crippen LogP contribution is -2.41. The van der Waals surface area contributed by atoms with Crippen molar-refractivity contribution < 1.29 is 17.9 Å². The Morgan fingerprint density at radius 2 is 1.90 bits per heavy atom. The maximum absolute atomic E-state index is 12.9. The van der Waals surface area contributed by atoms with Crippen LogP contribution in [0.25, 0.3) is 10.9 Å². The largest absolute Gasteiger partial charge is 0.497 e. The standard InChI is InChI=1S/C22H25N3O4S/c1-29-18-6-4-7-19(14-18)30(27,28)25-11-9-16(10-12-25)15-23-22(26)21-13-17-5-2-3-8-20(17)24-21/h2-8,13-14,16,24H,9-12,15H2,1H3,(H,23,26). The van der Waals surface area contributed by atoms with Crippen LogP contribution in [0, 0.1) is 5.92 Å². The van der Waals surface area contributed by atoms with Crippen molar-refractivity contribution in [2.75, 3.05) is 26.7 Å². The average Bonchev–Trinajstić information content (AvgIpc) is 3.22. The SMILES string of the molecule is COc1cccc(S(=O)(=O)N2CCC(CNC(=O)c3cc4ccccc4[nH]3)CC2)c1. The number of hydrogen-bond acceptors (Lipinski definition) is 4. The minimum absolute atomic E-state index is 0.141. The van der Waals surface area contributed by atoms with E-state index in [1.54, 1.807) is 24.3 Å². The second-order valence-electron chi connectivity index (χ2n) is 7.51. The molecule has 7 nitrogen and oxygen atoms in total. The first-order valence-corrected chi connectivity index (χ1v) is 11.4. The number of rotatable bonds is 6. The van der Waals surface area contributed by atoms with E-state index in [-0.39, 0.29) is 16.7 Å². The van der Waals surface area contributed by atoms with Gasteiger partial charge < -0.3 is 15.0 Å². The Morgan fingerprint density at radius 1 is 1.13 bits per heavy atom. The maximum atomic E-state index is 12.9. The van der Waals surface area contributed by atoms with E-state index in [4.69, 9.17) is 4.74 Å². The molecule has 0 spiro atoms. The molecule has 0 bridgehead atoms. The number of sulfonamides is 1. The topological polar surface area (TPSA) is 91.5 Å². The van der Waals surface area contributed by atoms with Gasteiger partial charge in [-0.25, -0.2) is 8.42 Å². The Morgan fingerprint density at radius 3 is 2.63 bits per heavy atom. The molecule has 0 aliphatic carbocycles. The summed E-state index contributed by atoms with van der Waals surface area (Å²) in [5.74, 6) is 0.623. The summed E-state index contributed by atoms with van der Waals surface area (Å²) in [7, 11) is -2.03. The van der Waals surface area contributed by atoms with Crippen molar-refractivity contribution in [3.8, 4) is 5.75 Å². The molecular weight excluding hydrogens is 402 g/mol. The number of fused-ring (bicyclic) bond motifs is 1. The number of para-hydroxylation sites is 1. The first-order valence-electron chi connectivity index (χ1n) is 9.97. The van der Waals surface area contributed by atoms with Gasteiger partial charge in [-0.1, -0.05) is 24.3 Å². The van der Waals surface area contributed by atoms with E-state index in [0.717, 1.165) is 10.9 Å². The summed E-state index contributed by atoms with van der Waals surface area (Å²) in [4.78, 5) is 15.8. The third kappa shape index (κ3) is 4.20. The number of amides is 1. The number of nitrogens with one attached hydrogen (secondary N) is 2. The lowest BCUT2D eigenvalue weighted by atomic mass is 9.98. The first kappa shape index (κ1) is 20.4. The van der Waals surface area contributed by atoms with Gasteiger partial charge in [0.15, 0.2) is 0 Å². The van der Waals surface area contributed by atoms with Crippen molar-refractivity contribution in [2.45, 2.75) is 17.7 Å². The first-order chi connectivity index (χ1) is 14.5. The highest BCUT2D eigenvalue weighted by Crippen LogP contribution is 2.25. The van der Waals surface area contributed by atoms with E-state index in [9.17, 15) is 13.2 Å². The number of aromatic nitrogens is 1. The summed E-state index contributed by atoms with van der Waals surface area (Å²) in [5, 5.41) is 3.97. The number of carbonyl (C=O) groups excluding carboxylic acids is 1. The van der Waals surface area contributed by atoms with Crippen molar-refractivity contribution in [1.29, 1.82) is 0 Å². The lowest BCUT2D eigenvalue weighted by Gasteiger charge is -2.31. The highest BCUT2D eigenvalue weighted by Gasteiger charge is 2.29. The molecule has 1 aromatic heterocycles. The third-order valence-corrected chi connectivity index (χ3v) is 7.47. The fourth-order valence-corrected chi connectivity index (χ4v) is 5.30. The monoisotopic (exact) mass is 427 g/mol. The van der Waals surface area contributed by atoms with Crippen molar-refractivity contribution in [3.05, 3.63) is 60.3 Å². The van der Waals surface area contributed by atoms with Gasteiger partial charge in [0.1, 0.15) is 11.4 Å². The van der Waals surface area contributed by atoms with Gasteiger partial charge >= 0.3 is 0 Å².